The van der Waals surface area contributed by atoms with E-state index < -0.39 is 0 Å². The highest BCUT2D eigenvalue weighted by molar-refractivity contribution is 5.82. The van der Waals surface area contributed by atoms with Crippen LogP contribution in [0, 0.1) is 6.92 Å². The Morgan fingerprint density at radius 3 is 2.93 bits per heavy atom. The van der Waals surface area contributed by atoms with Crippen LogP contribution in [0.1, 0.15) is 5.56 Å². The third-order valence-electron chi connectivity index (χ3n) is 4.44. The molecule has 0 fully saturated rings. The molecule has 0 bridgehead atoms. The first-order valence-electron chi connectivity index (χ1n) is 8.80. The SMILES string of the molecule is Cc1cccc(Nc2nc3ccc(Oc4ncnc5c4cnn5C)cc3[nH]2)c1. The molecule has 3 heterocycles. The Kier molecular flexibility index (Phi) is 3.68. The van der Waals surface area contributed by atoms with E-state index in [1.807, 2.05) is 37.4 Å². The molecule has 0 aliphatic carbocycles. The lowest BCUT2D eigenvalue weighted by atomic mass is 10.2. The maximum atomic E-state index is 5.98. The van der Waals surface area contributed by atoms with E-state index in [4.69, 9.17) is 4.74 Å². The molecule has 0 spiro atoms. The number of benzene rings is 2. The maximum absolute atomic E-state index is 5.98. The fourth-order valence-corrected chi connectivity index (χ4v) is 3.10. The van der Waals surface area contributed by atoms with Gasteiger partial charge in [-0.25, -0.2) is 15.0 Å². The van der Waals surface area contributed by atoms with Crippen molar-refractivity contribution in [3.05, 3.63) is 60.6 Å². The first-order chi connectivity index (χ1) is 13.7. The largest absolute Gasteiger partial charge is 0.438 e. The van der Waals surface area contributed by atoms with Crippen molar-refractivity contribution in [2.45, 2.75) is 6.92 Å². The van der Waals surface area contributed by atoms with Gasteiger partial charge in [0, 0.05) is 18.8 Å². The fourth-order valence-electron chi connectivity index (χ4n) is 3.10. The Bertz CT molecular complexity index is 1300. The summed E-state index contributed by atoms with van der Waals surface area (Å²) in [6.07, 6.45) is 3.17. The van der Waals surface area contributed by atoms with Crippen LogP contribution in [0.5, 0.6) is 11.6 Å². The summed E-state index contributed by atoms with van der Waals surface area (Å²) in [5.74, 6) is 1.80. The summed E-state index contributed by atoms with van der Waals surface area (Å²) >= 11 is 0. The van der Waals surface area contributed by atoms with Crippen LogP contribution < -0.4 is 10.1 Å². The van der Waals surface area contributed by atoms with E-state index in [-0.39, 0.29) is 0 Å². The summed E-state index contributed by atoms with van der Waals surface area (Å²) in [4.78, 5) is 16.3. The molecule has 0 aliphatic rings. The van der Waals surface area contributed by atoms with Gasteiger partial charge >= 0.3 is 0 Å². The van der Waals surface area contributed by atoms with Gasteiger partial charge in [0.25, 0.3) is 0 Å². The van der Waals surface area contributed by atoms with Crippen LogP contribution in [0.2, 0.25) is 0 Å². The molecule has 2 N–H and O–H groups in total. The quantitative estimate of drug-likeness (QED) is 0.494. The highest BCUT2D eigenvalue weighted by atomic mass is 16.5. The number of aromatic nitrogens is 6. The molecule has 28 heavy (non-hydrogen) atoms. The van der Waals surface area contributed by atoms with Crippen molar-refractivity contribution in [1.29, 1.82) is 0 Å². The third kappa shape index (κ3) is 2.90. The number of anilines is 2. The van der Waals surface area contributed by atoms with E-state index in [2.05, 4.69) is 49.4 Å². The van der Waals surface area contributed by atoms with Gasteiger partial charge in [0.1, 0.15) is 17.5 Å². The summed E-state index contributed by atoms with van der Waals surface area (Å²) in [6.45, 7) is 2.06. The highest BCUT2D eigenvalue weighted by Crippen LogP contribution is 2.28. The number of ether oxygens (including phenoxy) is 1. The summed E-state index contributed by atoms with van der Waals surface area (Å²) < 4.78 is 7.67. The Morgan fingerprint density at radius 2 is 2.04 bits per heavy atom. The number of H-pyrrole nitrogens is 1. The van der Waals surface area contributed by atoms with E-state index in [0.717, 1.165) is 27.8 Å². The molecule has 138 valence electrons. The van der Waals surface area contributed by atoms with Gasteiger partial charge in [0.2, 0.25) is 11.8 Å². The van der Waals surface area contributed by atoms with Gasteiger partial charge in [-0.1, -0.05) is 12.1 Å². The number of imidazole rings is 1. The number of aromatic amines is 1. The molecular formula is C20H17N7O. The van der Waals surface area contributed by atoms with Gasteiger partial charge in [0.05, 0.1) is 17.2 Å². The predicted octanol–water partition coefficient (Wildman–Crippen LogP) is 4.08. The van der Waals surface area contributed by atoms with Crippen LogP contribution in [0.25, 0.3) is 22.1 Å². The summed E-state index contributed by atoms with van der Waals surface area (Å²) in [7, 11) is 1.83. The Labute approximate surface area is 160 Å². The zero-order valence-electron chi connectivity index (χ0n) is 15.3. The van der Waals surface area contributed by atoms with Gasteiger partial charge in [0.15, 0.2) is 5.65 Å². The molecule has 0 radical (unpaired) electrons. The molecular weight excluding hydrogens is 354 g/mol. The van der Waals surface area contributed by atoms with Crippen molar-refractivity contribution in [3.8, 4) is 11.6 Å². The van der Waals surface area contributed by atoms with Gasteiger partial charge in [-0.15, -0.1) is 0 Å². The minimum Gasteiger partial charge on any atom is -0.438 e. The second-order valence-corrected chi connectivity index (χ2v) is 6.55. The highest BCUT2D eigenvalue weighted by Gasteiger charge is 2.11. The van der Waals surface area contributed by atoms with E-state index >= 15 is 0 Å². The standard InChI is InChI=1S/C20H17N7O/c1-12-4-3-5-13(8-12)24-20-25-16-7-6-14(9-17(16)26-20)28-19-15-10-23-27(2)18(15)21-11-22-19/h3-11H,1-2H3,(H2,24,25,26). The van der Waals surface area contributed by atoms with Crippen molar-refractivity contribution in [1.82, 2.24) is 29.7 Å². The first-order valence-corrected chi connectivity index (χ1v) is 8.80. The molecule has 0 saturated heterocycles. The molecule has 5 rings (SSSR count). The van der Waals surface area contributed by atoms with Gasteiger partial charge < -0.3 is 15.0 Å². The number of hydrogen-bond donors (Lipinski definition) is 2. The van der Waals surface area contributed by atoms with Gasteiger partial charge in [-0.05, 0) is 36.8 Å². The van der Waals surface area contributed by atoms with Crippen LogP contribution in [0.4, 0.5) is 11.6 Å². The number of fused-ring (bicyclic) bond motifs is 2. The lowest BCUT2D eigenvalue weighted by Gasteiger charge is -2.05. The Hall–Kier alpha value is -3.94. The second kappa shape index (κ2) is 6.34. The molecule has 0 saturated carbocycles. The molecule has 8 nitrogen and oxygen atoms in total. The summed E-state index contributed by atoms with van der Waals surface area (Å²) in [5.41, 5.74) is 4.59. The lowest BCUT2D eigenvalue weighted by Crippen LogP contribution is -1.94. The zero-order chi connectivity index (χ0) is 19.1. The normalized spacial score (nSPS) is 11.2. The van der Waals surface area contributed by atoms with E-state index in [1.165, 1.54) is 11.9 Å². The average Bonchev–Trinajstić information content (AvgIpc) is 3.25. The van der Waals surface area contributed by atoms with Crippen molar-refractivity contribution >= 4 is 33.7 Å². The molecule has 0 amide bonds. The molecule has 8 heteroatoms. The molecule has 0 unspecified atom stereocenters. The van der Waals surface area contributed by atoms with Gasteiger partial charge in [-0.2, -0.15) is 5.10 Å². The number of hydrogen-bond acceptors (Lipinski definition) is 6. The van der Waals surface area contributed by atoms with Crippen LogP contribution >= 0.6 is 0 Å². The predicted molar refractivity (Wildman–Crippen MR) is 107 cm³/mol. The number of nitrogens with zero attached hydrogens (tertiary/aromatic N) is 5. The molecule has 5 aromatic rings. The van der Waals surface area contributed by atoms with Crippen LogP contribution in [0.3, 0.4) is 0 Å². The zero-order valence-corrected chi connectivity index (χ0v) is 15.3. The van der Waals surface area contributed by atoms with E-state index in [9.17, 15) is 0 Å². The smallest absolute Gasteiger partial charge is 0.233 e. The molecule has 0 atom stereocenters. The van der Waals surface area contributed by atoms with Crippen molar-refractivity contribution in [2.24, 2.45) is 7.05 Å². The van der Waals surface area contributed by atoms with E-state index in [1.54, 1.807) is 10.9 Å². The Morgan fingerprint density at radius 1 is 1.11 bits per heavy atom. The summed E-state index contributed by atoms with van der Waals surface area (Å²) in [5, 5.41) is 8.26. The molecule has 0 aliphatic heterocycles. The van der Waals surface area contributed by atoms with Crippen molar-refractivity contribution in [2.75, 3.05) is 5.32 Å². The van der Waals surface area contributed by atoms with Crippen molar-refractivity contribution in [3.63, 3.8) is 0 Å². The van der Waals surface area contributed by atoms with Crippen LogP contribution in [-0.4, -0.2) is 29.7 Å². The van der Waals surface area contributed by atoms with E-state index in [0.29, 0.717) is 17.6 Å². The van der Waals surface area contributed by atoms with Crippen LogP contribution in [-0.2, 0) is 7.05 Å². The molecule has 2 aromatic carbocycles. The molecule has 3 aromatic heterocycles. The lowest BCUT2D eigenvalue weighted by molar-refractivity contribution is 0.469. The first kappa shape index (κ1) is 16.2. The Balaban J connectivity index is 1.45. The van der Waals surface area contributed by atoms with Crippen LogP contribution in [0.15, 0.2) is 55.0 Å². The summed E-state index contributed by atoms with van der Waals surface area (Å²) in [6, 6.07) is 13.8. The van der Waals surface area contributed by atoms with Gasteiger partial charge in [-0.3, -0.25) is 4.68 Å². The second-order valence-electron chi connectivity index (χ2n) is 6.55. The average molecular weight is 371 g/mol. The number of aryl methyl sites for hydroxylation is 2. The minimum atomic E-state index is 0.468. The van der Waals surface area contributed by atoms with Crippen molar-refractivity contribution < 1.29 is 4.74 Å². The maximum Gasteiger partial charge on any atom is 0.233 e. The minimum absolute atomic E-state index is 0.468. The monoisotopic (exact) mass is 371 g/mol. The number of rotatable bonds is 4. The number of nitrogens with one attached hydrogen (secondary N) is 2. The third-order valence-corrected chi connectivity index (χ3v) is 4.44. The topological polar surface area (TPSA) is 93.5 Å². The fraction of sp³-hybridized carbons (Fsp3) is 0.100.